The normalized spacial score (nSPS) is 24.1. The first-order valence-electron chi connectivity index (χ1n) is 6.40. The van der Waals surface area contributed by atoms with Crippen LogP contribution in [0.4, 0.5) is 5.95 Å². The third-order valence-corrected chi connectivity index (χ3v) is 3.32. The smallest absolute Gasteiger partial charge is 0.243 e. The summed E-state index contributed by atoms with van der Waals surface area (Å²) in [6.45, 7) is 3.24. The maximum atomic E-state index is 4.49. The van der Waals surface area contributed by atoms with Crippen molar-refractivity contribution in [3.8, 4) is 0 Å². The highest BCUT2D eigenvalue weighted by Crippen LogP contribution is 2.14. The van der Waals surface area contributed by atoms with Gasteiger partial charge in [0, 0.05) is 12.1 Å². The van der Waals surface area contributed by atoms with Crippen molar-refractivity contribution in [3.63, 3.8) is 0 Å². The molecule has 2 N–H and O–H groups in total. The van der Waals surface area contributed by atoms with Crippen LogP contribution < -0.4 is 10.6 Å². The van der Waals surface area contributed by atoms with Crippen LogP contribution in [0.25, 0.3) is 11.0 Å². The van der Waals surface area contributed by atoms with E-state index < -0.39 is 0 Å². The zero-order chi connectivity index (χ0) is 12.4. The molecule has 1 fully saturated rings. The first kappa shape index (κ1) is 11.3. The molecule has 2 aromatic rings. The zero-order valence-electron chi connectivity index (χ0n) is 10.4. The molecule has 5 heteroatoms. The van der Waals surface area contributed by atoms with Crippen LogP contribution in [-0.4, -0.2) is 33.8 Å². The van der Waals surface area contributed by atoms with E-state index >= 15 is 0 Å². The number of nitrogens with one attached hydrogen (secondary N) is 2. The number of hydrogen-bond acceptors (Lipinski definition) is 5. The summed E-state index contributed by atoms with van der Waals surface area (Å²) in [4.78, 5) is 4.49. The monoisotopic (exact) mass is 243 g/mol. The molecule has 0 spiro atoms. The van der Waals surface area contributed by atoms with E-state index in [9.17, 15) is 0 Å². The van der Waals surface area contributed by atoms with Gasteiger partial charge in [0.15, 0.2) is 0 Å². The fourth-order valence-electron chi connectivity index (χ4n) is 2.39. The fraction of sp³-hybridized carbons (Fsp3) is 0.462. The van der Waals surface area contributed by atoms with E-state index in [1.165, 1.54) is 0 Å². The molecule has 3 rings (SSSR count). The highest BCUT2D eigenvalue weighted by molar-refractivity contribution is 5.74. The highest BCUT2D eigenvalue weighted by Gasteiger charge is 2.18. The van der Waals surface area contributed by atoms with E-state index in [2.05, 4.69) is 32.7 Å². The molecule has 0 bridgehead atoms. The van der Waals surface area contributed by atoms with Crippen molar-refractivity contribution in [1.82, 2.24) is 20.5 Å². The molecule has 0 aliphatic carbocycles. The standard InChI is InChI=1S/C13H17N5/c1-9-8-10(6-7-14-9)15-13-16-11-4-2-3-5-12(11)17-18-13/h2-5,9-10,14H,6-8H2,1H3,(H,15,16,18). The van der Waals surface area contributed by atoms with Crippen molar-refractivity contribution in [1.29, 1.82) is 0 Å². The Morgan fingerprint density at radius 3 is 2.89 bits per heavy atom. The number of anilines is 1. The summed E-state index contributed by atoms with van der Waals surface area (Å²) in [5.74, 6) is 0.632. The summed E-state index contributed by atoms with van der Waals surface area (Å²) < 4.78 is 0. The molecule has 0 radical (unpaired) electrons. The van der Waals surface area contributed by atoms with Crippen LogP contribution in [0.3, 0.4) is 0 Å². The van der Waals surface area contributed by atoms with Crippen LogP contribution in [0.2, 0.25) is 0 Å². The lowest BCUT2D eigenvalue weighted by Gasteiger charge is -2.28. The molecule has 1 saturated heterocycles. The van der Waals surface area contributed by atoms with Crippen LogP contribution in [0, 0.1) is 0 Å². The van der Waals surface area contributed by atoms with Crippen LogP contribution in [0.1, 0.15) is 19.8 Å². The Kier molecular flexibility index (Phi) is 3.06. The minimum absolute atomic E-state index is 0.434. The van der Waals surface area contributed by atoms with Gasteiger partial charge < -0.3 is 10.6 Å². The predicted octanol–water partition coefficient (Wildman–Crippen LogP) is 1.58. The fourth-order valence-corrected chi connectivity index (χ4v) is 2.39. The number of para-hydroxylation sites is 1. The van der Waals surface area contributed by atoms with Crippen molar-refractivity contribution in [2.45, 2.75) is 31.8 Å². The quantitative estimate of drug-likeness (QED) is 0.838. The van der Waals surface area contributed by atoms with Gasteiger partial charge in [-0.25, -0.2) is 4.98 Å². The van der Waals surface area contributed by atoms with Crippen LogP contribution in [-0.2, 0) is 0 Å². The Hall–Kier alpha value is -1.75. The molecule has 1 aromatic carbocycles. The molecule has 0 amide bonds. The average molecular weight is 243 g/mol. The molecule has 2 heterocycles. The maximum Gasteiger partial charge on any atom is 0.243 e. The molecular weight excluding hydrogens is 226 g/mol. The summed E-state index contributed by atoms with van der Waals surface area (Å²) >= 11 is 0. The summed E-state index contributed by atoms with van der Waals surface area (Å²) in [5.41, 5.74) is 1.72. The molecule has 0 saturated carbocycles. The number of aromatic nitrogens is 3. The van der Waals surface area contributed by atoms with Gasteiger partial charge in [0.1, 0.15) is 5.52 Å². The van der Waals surface area contributed by atoms with Gasteiger partial charge in [-0.3, -0.25) is 0 Å². The minimum atomic E-state index is 0.434. The van der Waals surface area contributed by atoms with E-state index in [1.54, 1.807) is 0 Å². The van der Waals surface area contributed by atoms with Gasteiger partial charge in [0.25, 0.3) is 0 Å². The van der Waals surface area contributed by atoms with E-state index in [1.807, 2.05) is 24.3 Å². The zero-order valence-corrected chi connectivity index (χ0v) is 10.4. The van der Waals surface area contributed by atoms with Gasteiger partial charge in [-0.15, -0.1) is 10.2 Å². The van der Waals surface area contributed by atoms with Gasteiger partial charge in [0.2, 0.25) is 5.95 Å². The summed E-state index contributed by atoms with van der Waals surface area (Å²) in [6, 6.07) is 8.77. The first-order valence-corrected chi connectivity index (χ1v) is 6.40. The van der Waals surface area contributed by atoms with Gasteiger partial charge in [-0.2, -0.15) is 0 Å². The molecule has 94 valence electrons. The third kappa shape index (κ3) is 2.41. The lowest BCUT2D eigenvalue weighted by molar-refractivity contribution is 0.395. The lowest BCUT2D eigenvalue weighted by Crippen LogP contribution is -2.41. The Bertz CT molecular complexity index is 542. The molecule has 1 aliphatic rings. The van der Waals surface area contributed by atoms with Crippen molar-refractivity contribution >= 4 is 17.0 Å². The second-order valence-electron chi connectivity index (χ2n) is 4.84. The molecule has 18 heavy (non-hydrogen) atoms. The van der Waals surface area contributed by atoms with Crippen molar-refractivity contribution in [3.05, 3.63) is 24.3 Å². The van der Waals surface area contributed by atoms with E-state index in [0.717, 1.165) is 30.4 Å². The molecule has 1 aromatic heterocycles. The number of hydrogen-bond donors (Lipinski definition) is 2. The third-order valence-electron chi connectivity index (χ3n) is 3.32. The molecule has 2 atom stereocenters. The first-order chi connectivity index (χ1) is 8.81. The summed E-state index contributed by atoms with van der Waals surface area (Å²) in [6.07, 6.45) is 2.19. The maximum absolute atomic E-state index is 4.49. The van der Waals surface area contributed by atoms with Crippen molar-refractivity contribution in [2.75, 3.05) is 11.9 Å². The Morgan fingerprint density at radius 2 is 2.06 bits per heavy atom. The van der Waals surface area contributed by atoms with E-state index in [0.29, 0.717) is 18.0 Å². The Labute approximate surface area is 106 Å². The second kappa shape index (κ2) is 4.86. The van der Waals surface area contributed by atoms with E-state index in [4.69, 9.17) is 0 Å². The van der Waals surface area contributed by atoms with Crippen molar-refractivity contribution in [2.24, 2.45) is 0 Å². The van der Waals surface area contributed by atoms with Crippen molar-refractivity contribution < 1.29 is 0 Å². The van der Waals surface area contributed by atoms with Crippen LogP contribution in [0.15, 0.2) is 24.3 Å². The molecule has 5 nitrogen and oxygen atoms in total. The number of benzene rings is 1. The largest absolute Gasteiger partial charge is 0.350 e. The Balaban J connectivity index is 1.78. The topological polar surface area (TPSA) is 62.7 Å². The van der Waals surface area contributed by atoms with Crippen LogP contribution >= 0.6 is 0 Å². The van der Waals surface area contributed by atoms with Gasteiger partial charge in [-0.05, 0) is 38.4 Å². The van der Waals surface area contributed by atoms with Gasteiger partial charge in [0.05, 0.1) is 5.52 Å². The highest BCUT2D eigenvalue weighted by atomic mass is 15.2. The second-order valence-corrected chi connectivity index (χ2v) is 4.84. The number of nitrogens with zero attached hydrogens (tertiary/aromatic N) is 3. The Morgan fingerprint density at radius 1 is 1.22 bits per heavy atom. The number of fused-ring (bicyclic) bond motifs is 1. The number of piperidine rings is 1. The number of rotatable bonds is 2. The SMILES string of the molecule is CC1CC(Nc2nnc3ccccc3n2)CCN1. The van der Waals surface area contributed by atoms with Crippen LogP contribution in [0.5, 0.6) is 0 Å². The predicted molar refractivity (Wildman–Crippen MR) is 71.4 cm³/mol. The average Bonchev–Trinajstić information content (AvgIpc) is 2.39. The van der Waals surface area contributed by atoms with E-state index in [-0.39, 0.29) is 0 Å². The summed E-state index contributed by atoms with van der Waals surface area (Å²) in [7, 11) is 0. The minimum Gasteiger partial charge on any atom is -0.350 e. The molecule has 1 aliphatic heterocycles. The summed E-state index contributed by atoms with van der Waals surface area (Å²) in [5, 5.41) is 15.1. The molecular formula is C13H17N5. The molecule has 2 unspecified atom stereocenters. The van der Waals surface area contributed by atoms with Gasteiger partial charge >= 0.3 is 0 Å². The van der Waals surface area contributed by atoms with Gasteiger partial charge in [-0.1, -0.05) is 12.1 Å². The lowest BCUT2D eigenvalue weighted by atomic mass is 10.0.